The smallest absolute Gasteiger partial charge is 0.399 e. The number of nitrogens with zero attached hydrogens (tertiary/aromatic N) is 7. The van der Waals surface area contributed by atoms with E-state index in [1.807, 2.05) is 96.8 Å². The van der Waals surface area contributed by atoms with E-state index >= 15 is 0 Å². The molecule has 1 aliphatic heterocycles. The van der Waals surface area contributed by atoms with Gasteiger partial charge in [-0.3, -0.25) is 0 Å². The van der Waals surface area contributed by atoms with Gasteiger partial charge in [0.15, 0.2) is 0 Å². The van der Waals surface area contributed by atoms with E-state index in [0.717, 1.165) is 11.2 Å². The minimum atomic E-state index is -0.353. The Morgan fingerprint density at radius 2 is 0.412 bits per heavy atom. The molecule has 28 aromatic rings. The van der Waals surface area contributed by atoms with Crippen molar-refractivity contribution in [2.24, 2.45) is 0 Å². The van der Waals surface area contributed by atoms with Gasteiger partial charge in [0.1, 0.15) is 0 Å². The van der Waals surface area contributed by atoms with Crippen molar-refractivity contribution in [1.29, 1.82) is 0 Å². The Hall–Kier alpha value is -13.0. The van der Waals surface area contributed by atoms with Gasteiger partial charge in [-0.15, -0.1) is 90.7 Å². The van der Waals surface area contributed by atoms with Crippen LogP contribution in [0.3, 0.4) is 0 Å². The molecule has 29 rings (SSSR count). The molecule has 0 saturated carbocycles. The van der Waals surface area contributed by atoms with E-state index in [1.54, 1.807) is 0 Å². The van der Waals surface area contributed by atoms with Gasteiger partial charge in [-0.25, -0.2) is 0 Å². The second kappa shape index (κ2) is 32.3. The van der Waals surface area contributed by atoms with Gasteiger partial charge in [0, 0.05) is 101 Å². The number of hydrogen-bond donors (Lipinski definition) is 0. The third-order valence-electron chi connectivity index (χ3n) is 27.1. The van der Waals surface area contributed by atoms with Gasteiger partial charge >= 0.3 is 7.12 Å². The van der Waals surface area contributed by atoms with Crippen LogP contribution < -0.4 is 5.46 Å². The summed E-state index contributed by atoms with van der Waals surface area (Å²) >= 11 is 22.6. The molecule has 9 nitrogen and oxygen atoms in total. The summed E-state index contributed by atoms with van der Waals surface area (Å²) in [4.78, 5) is 7.78. The van der Waals surface area contributed by atoms with E-state index < -0.39 is 0 Å². The molecule has 20 heteroatoms. The standard InChI is InChI=1S/C64H38N4S4.C28H14Br2N2S4.C24H24BNO2/c1-5-17-41(18-6-1)65-49-27-15-13-25-45(49)47-33-39(29-31-51(47)65)57-35-53-61(69-57)63-55(67(53)43-21-9-3-10-22-43)37-59(71-63)60-38-56-64(72-60)62-54(68(56)44-23-11-4-12-24-44)36-58(70-62)40-30-32-52-48(34-40)46-26-14-16-28-50(46)66(52)42-19-7-2-8-20-42;29-23-13-19-27(35-23)25-17(31(19)15-7-3-1-4-8-15)11-21(33-25)22-12-18-26(34-22)28-20(14-24(30)36-28)32(18)16-9-5-2-6-10-16;1-23(2)24(3,4)28-25(27-23)17-14-15-22-20(16-17)19-12-8-9-13-21(19)26(22)18-10-6-5-7-11-18/h1-38H;1-14H;5-16H,1-4H3. The van der Waals surface area contributed by atoms with Gasteiger partial charge in [-0.1, -0.05) is 206 Å². The Morgan fingerprint density at radius 1 is 0.199 bits per heavy atom. The third-order valence-corrected chi connectivity index (χ3v) is 38.3. The number of thiophene rings is 8. The Bertz CT molecular complexity index is 9140. The van der Waals surface area contributed by atoms with E-state index in [4.69, 9.17) is 9.31 Å². The lowest BCUT2D eigenvalue weighted by Crippen LogP contribution is -2.41. The molecule has 0 unspecified atom stereocenters. The normalized spacial score (nSPS) is 13.4. The van der Waals surface area contributed by atoms with Crippen LogP contribution in [0.25, 0.3) is 227 Å². The highest BCUT2D eigenvalue weighted by Gasteiger charge is 2.52. The average Bonchev–Trinajstić information content (AvgIpc) is 1.55. The fourth-order valence-corrected chi connectivity index (χ4v) is 31.0. The first-order valence-corrected chi connectivity index (χ1v) is 53.3. The summed E-state index contributed by atoms with van der Waals surface area (Å²) in [7, 11) is -0.353. The highest BCUT2D eigenvalue weighted by atomic mass is 79.9. The number of halogens is 2. The first-order valence-electron chi connectivity index (χ1n) is 45.2. The maximum Gasteiger partial charge on any atom is 0.494 e. The Morgan fingerprint density at radius 3 is 0.699 bits per heavy atom. The van der Waals surface area contributed by atoms with E-state index in [1.165, 1.54) is 229 Å². The number of para-hydroxylation sites is 10. The van der Waals surface area contributed by atoms with Crippen molar-refractivity contribution in [3.63, 3.8) is 0 Å². The summed E-state index contributed by atoms with van der Waals surface area (Å²) in [5, 5.41) is 7.52. The van der Waals surface area contributed by atoms with Gasteiger partial charge in [-0.2, -0.15) is 0 Å². The van der Waals surface area contributed by atoms with Gasteiger partial charge in [-0.05, 0) is 258 Å². The summed E-state index contributed by atoms with van der Waals surface area (Å²) in [6.45, 7) is 8.36. The lowest BCUT2D eigenvalue weighted by molar-refractivity contribution is 0.00578. The number of benzene rings is 13. The van der Waals surface area contributed by atoms with Crippen molar-refractivity contribution in [2.75, 3.05) is 0 Å². The third kappa shape index (κ3) is 13.3. The lowest BCUT2D eigenvalue weighted by atomic mass is 9.78. The van der Waals surface area contributed by atoms with Crippen LogP contribution in [0.1, 0.15) is 27.7 Å². The second-order valence-corrected chi connectivity index (χ2v) is 46.7. The number of hydrogen-bond acceptors (Lipinski definition) is 10. The molecule has 136 heavy (non-hydrogen) atoms. The van der Waals surface area contributed by atoms with E-state index in [2.05, 4.69) is 474 Å². The van der Waals surface area contributed by atoms with E-state index in [0.29, 0.717) is 0 Å². The molecule has 0 amide bonds. The predicted octanol–water partition coefficient (Wildman–Crippen LogP) is 35.7. The summed E-state index contributed by atoms with van der Waals surface area (Å²) in [6, 6.07) is 141. The van der Waals surface area contributed by atoms with Crippen molar-refractivity contribution < 1.29 is 9.31 Å². The largest absolute Gasteiger partial charge is 0.494 e. The van der Waals surface area contributed by atoms with Crippen LogP contribution in [-0.4, -0.2) is 50.3 Å². The van der Waals surface area contributed by atoms with Crippen LogP contribution in [0.15, 0.2) is 396 Å². The molecule has 16 heterocycles. The van der Waals surface area contributed by atoms with Crippen LogP contribution in [-0.2, 0) is 9.31 Å². The molecular formula is C116H76BBr2N7O2S8. The van der Waals surface area contributed by atoms with Crippen LogP contribution in [0.2, 0.25) is 0 Å². The SMILES string of the molecule is Brc1cc2c(s1)c1sc(-c3cc4c(s3)c3sc(Br)cc3n4-c3ccccc3)cc1n2-c1ccccc1.CC1(C)OB(c2ccc3c(c2)c2ccccc2n3-c2ccccc2)OC1(C)C.c1ccc(-n2c3ccccc3c3cc(-c4cc5c(s4)c4sc(-c6cc7c(s6)c6sc(-c8ccc9c(c8)c8ccccc8n9-c8ccccc8)cc6n7-c6ccccc6)cc4n5-c4ccccc4)ccc32)cc1. The fourth-order valence-electron chi connectivity index (χ4n) is 20.3. The zero-order valence-electron chi connectivity index (χ0n) is 73.5. The molecule has 1 fully saturated rings. The Kier molecular flexibility index (Phi) is 19.6. The van der Waals surface area contributed by atoms with Crippen molar-refractivity contribution in [1.82, 2.24) is 32.0 Å². The minimum Gasteiger partial charge on any atom is -0.399 e. The Labute approximate surface area is 830 Å². The van der Waals surface area contributed by atoms with Crippen molar-refractivity contribution >= 4 is 282 Å². The lowest BCUT2D eigenvalue weighted by Gasteiger charge is -2.32. The van der Waals surface area contributed by atoms with Gasteiger partial charge < -0.3 is 41.3 Å². The van der Waals surface area contributed by atoms with Crippen LogP contribution in [0.5, 0.6) is 0 Å². The first-order chi connectivity index (χ1) is 66.7. The van der Waals surface area contributed by atoms with Gasteiger partial charge in [0.05, 0.1) is 134 Å². The zero-order valence-corrected chi connectivity index (χ0v) is 83.2. The molecule has 0 N–H and O–H groups in total. The monoisotopic (exact) mass is 2020 g/mol. The van der Waals surface area contributed by atoms with Gasteiger partial charge in [0.2, 0.25) is 0 Å². The maximum absolute atomic E-state index is 6.27. The molecule has 1 saturated heterocycles. The molecule has 0 spiro atoms. The summed E-state index contributed by atoms with van der Waals surface area (Å²) in [5.74, 6) is 0. The average molecular weight is 2030 g/mol. The quantitative estimate of drug-likeness (QED) is 0.114. The minimum absolute atomic E-state index is 0.343. The number of fused-ring (bicyclic) bond motifs is 21. The second-order valence-electron chi connectivity index (χ2n) is 35.6. The molecule has 652 valence electrons. The highest BCUT2D eigenvalue weighted by molar-refractivity contribution is 9.11. The van der Waals surface area contributed by atoms with Crippen molar-refractivity contribution in [3.8, 4) is 80.2 Å². The van der Waals surface area contributed by atoms with Crippen LogP contribution >= 0.6 is 123 Å². The number of aromatic nitrogens is 7. The molecule has 13 aromatic carbocycles. The zero-order chi connectivity index (χ0) is 90.5. The summed E-state index contributed by atoms with van der Waals surface area (Å²) < 4.78 is 42.5. The molecular weight excluding hydrogens is 1950 g/mol. The molecule has 1 aliphatic rings. The highest BCUT2D eigenvalue weighted by Crippen LogP contribution is 2.55. The van der Waals surface area contributed by atoms with E-state index in [9.17, 15) is 0 Å². The van der Waals surface area contributed by atoms with Crippen molar-refractivity contribution in [2.45, 2.75) is 38.9 Å². The van der Waals surface area contributed by atoms with Crippen LogP contribution in [0, 0.1) is 0 Å². The topological polar surface area (TPSA) is 53.0 Å². The predicted molar refractivity (Wildman–Crippen MR) is 596 cm³/mol. The summed E-state index contributed by atoms with van der Waals surface area (Å²) in [6.07, 6.45) is 0. The summed E-state index contributed by atoms with van der Waals surface area (Å²) in [5.41, 5.74) is 28.5. The molecule has 15 aromatic heterocycles. The molecule has 0 bridgehead atoms. The van der Waals surface area contributed by atoms with Crippen molar-refractivity contribution in [3.05, 3.63) is 396 Å². The maximum atomic E-state index is 6.27. The number of rotatable bonds is 12. The molecule has 0 radical (unpaired) electrons. The molecule has 0 atom stereocenters. The van der Waals surface area contributed by atoms with Gasteiger partial charge in [0.25, 0.3) is 0 Å². The fraction of sp³-hybridized carbons (Fsp3) is 0.0517. The van der Waals surface area contributed by atoms with Crippen LogP contribution in [0.4, 0.5) is 0 Å². The van der Waals surface area contributed by atoms with E-state index in [-0.39, 0.29) is 18.3 Å². The Balaban J connectivity index is 0.000000121. The first kappa shape index (κ1) is 82.5. The molecule has 0 aliphatic carbocycles.